The van der Waals surface area contributed by atoms with Gasteiger partial charge in [0.15, 0.2) is 21.5 Å². The maximum atomic E-state index is 12.7. The Bertz CT molecular complexity index is 1460. The highest BCUT2D eigenvalue weighted by molar-refractivity contribution is 7.91. The van der Waals surface area contributed by atoms with Gasteiger partial charge in [0.2, 0.25) is 0 Å². The molecule has 0 saturated carbocycles. The monoisotopic (exact) mass is 511 g/mol. The molecule has 4 aromatic rings. The minimum absolute atomic E-state index is 0.182. The number of nitrogens with two attached hydrogens (primary N) is 1. The molecule has 0 radical (unpaired) electrons. The maximum absolute atomic E-state index is 12.7. The second kappa shape index (κ2) is 9.50. The molecule has 1 aliphatic rings. The number of nitrogen functional groups attached to an aromatic ring is 1. The summed E-state index contributed by atoms with van der Waals surface area (Å²) in [7, 11) is -3.60. The molecule has 11 heteroatoms. The summed E-state index contributed by atoms with van der Waals surface area (Å²) in [5, 5.41) is 9.60. The molecule has 182 valence electrons. The van der Waals surface area contributed by atoms with Gasteiger partial charge < -0.3 is 20.5 Å². The van der Waals surface area contributed by atoms with Crippen molar-refractivity contribution in [3.05, 3.63) is 48.7 Å². The standard InChI is InChI=1S/C24H25N5O4S2/c1-15(30)14-35(31,32)18-4-2-3-16(11-18)20-12-19-22(34-20)24(29-7-9-33-10-8-29)28-23(27-19)17-5-6-21(25)26-13-17/h2-6,11-13,15,30H,7-10,14H2,1H3,(H2,25,26)/t15-/m0/s1. The van der Waals surface area contributed by atoms with Crippen LogP contribution in [0.4, 0.5) is 11.6 Å². The van der Waals surface area contributed by atoms with Crippen LogP contribution in [0.1, 0.15) is 6.92 Å². The van der Waals surface area contributed by atoms with Crippen LogP contribution in [0, 0.1) is 0 Å². The van der Waals surface area contributed by atoms with E-state index < -0.39 is 15.9 Å². The molecule has 0 unspecified atom stereocenters. The number of aromatic nitrogens is 3. The number of benzene rings is 1. The van der Waals surface area contributed by atoms with Crippen molar-refractivity contribution in [2.45, 2.75) is 17.9 Å². The van der Waals surface area contributed by atoms with E-state index >= 15 is 0 Å². The van der Waals surface area contributed by atoms with Gasteiger partial charge in [-0.05, 0) is 42.8 Å². The van der Waals surface area contributed by atoms with Crippen LogP contribution in [-0.2, 0) is 14.6 Å². The Morgan fingerprint density at radius 1 is 1.14 bits per heavy atom. The lowest BCUT2D eigenvalue weighted by Crippen LogP contribution is -2.36. The fraction of sp³-hybridized carbons (Fsp3) is 0.292. The SMILES string of the molecule is C[C@H](O)CS(=O)(=O)c1cccc(-c2cc3nc(-c4ccc(N)nc4)nc(N4CCOCC4)c3s2)c1. The number of thiophene rings is 1. The van der Waals surface area contributed by atoms with E-state index in [2.05, 4.69) is 9.88 Å². The Balaban J connectivity index is 1.62. The van der Waals surface area contributed by atoms with Crippen molar-refractivity contribution in [2.24, 2.45) is 0 Å². The van der Waals surface area contributed by atoms with E-state index in [-0.39, 0.29) is 10.6 Å². The van der Waals surface area contributed by atoms with Gasteiger partial charge in [-0.15, -0.1) is 11.3 Å². The van der Waals surface area contributed by atoms with Crippen molar-refractivity contribution >= 4 is 43.0 Å². The molecular weight excluding hydrogens is 486 g/mol. The number of hydrogen-bond donors (Lipinski definition) is 2. The van der Waals surface area contributed by atoms with Crippen LogP contribution in [0.5, 0.6) is 0 Å². The molecule has 0 amide bonds. The Kier molecular flexibility index (Phi) is 6.41. The van der Waals surface area contributed by atoms with Crippen molar-refractivity contribution in [1.82, 2.24) is 15.0 Å². The third-order valence-electron chi connectivity index (χ3n) is 5.65. The lowest BCUT2D eigenvalue weighted by atomic mass is 10.2. The molecule has 1 atom stereocenters. The fourth-order valence-electron chi connectivity index (χ4n) is 3.97. The Hall–Kier alpha value is -3.12. The van der Waals surface area contributed by atoms with E-state index in [4.69, 9.17) is 20.4 Å². The summed E-state index contributed by atoms with van der Waals surface area (Å²) in [4.78, 5) is 17.1. The summed E-state index contributed by atoms with van der Waals surface area (Å²) in [6.07, 6.45) is 0.712. The van der Waals surface area contributed by atoms with E-state index in [1.165, 1.54) is 18.3 Å². The zero-order valence-corrected chi connectivity index (χ0v) is 20.7. The molecule has 3 N–H and O–H groups in total. The molecule has 3 aromatic heterocycles. The average molecular weight is 512 g/mol. The first-order chi connectivity index (χ1) is 16.8. The molecule has 5 rings (SSSR count). The normalized spacial score (nSPS) is 15.4. The van der Waals surface area contributed by atoms with Crippen LogP contribution in [0.3, 0.4) is 0 Å². The molecule has 1 aliphatic heterocycles. The van der Waals surface area contributed by atoms with E-state index in [9.17, 15) is 13.5 Å². The summed E-state index contributed by atoms with van der Waals surface area (Å²) < 4.78 is 31.8. The highest BCUT2D eigenvalue weighted by Crippen LogP contribution is 2.39. The molecule has 1 aromatic carbocycles. The predicted molar refractivity (Wildman–Crippen MR) is 137 cm³/mol. The van der Waals surface area contributed by atoms with Gasteiger partial charge in [0.05, 0.1) is 40.2 Å². The number of ether oxygens (including phenoxy) is 1. The minimum Gasteiger partial charge on any atom is -0.392 e. The smallest absolute Gasteiger partial charge is 0.180 e. The molecule has 1 fully saturated rings. The summed E-state index contributed by atoms with van der Waals surface area (Å²) in [5.74, 6) is 1.46. The first-order valence-electron chi connectivity index (χ1n) is 11.2. The number of nitrogens with zero attached hydrogens (tertiary/aromatic N) is 4. The van der Waals surface area contributed by atoms with Crippen molar-refractivity contribution in [3.8, 4) is 21.8 Å². The Morgan fingerprint density at radius 3 is 2.66 bits per heavy atom. The van der Waals surface area contributed by atoms with Gasteiger partial charge in [-0.1, -0.05) is 12.1 Å². The number of aliphatic hydroxyl groups excluding tert-OH is 1. The number of rotatable bonds is 6. The molecule has 0 aliphatic carbocycles. The summed E-state index contributed by atoms with van der Waals surface area (Å²) >= 11 is 1.52. The number of hydrogen-bond acceptors (Lipinski definition) is 10. The number of fused-ring (bicyclic) bond motifs is 1. The highest BCUT2D eigenvalue weighted by atomic mass is 32.2. The van der Waals surface area contributed by atoms with Crippen molar-refractivity contribution in [3.63, 3.8) is 0 Å². The van der Waals surface area contributed by atoms with Gasteiger partial charge >= 0.3 is 0 Å². The molecule has 1 saturated heterocycles. The van der Waals surface area contributed by atoms with E-state index in [1.807, 2.05) is 18.2 Å². The number of anilines is 2. The van der Waals surface area contributed by atoms with E-state index in [0.717, 1.165) is 32.0 Å². The molecular formula is C24H25N5O4S2. The Morgan fingerprint density at radius 2 is 1.94 bits per heavy atom. The van der Waals surface area contributed by atoms with Crippen LogP contribution in [0.15, 0.2) is 53.6 Å². The zero-order chi connectivity index (χ0) is 24.6. The summed E-state index contributed by atoms with van der Waals surface area (Å²) in [6.45, 7) is 4.13. The topological polar surface area (TPSA) is 132 Å². The van der Waals surface area contributed by atoms with Crippen LogP contribution in [0.25, 0.3) is 32.0 Å². The molecule has 35 heavy (non-hydrogen) atoms. The van der Waals surface area contributed by atoms with Gasteiger partial charge in [-0.3, -0.25) is 0 Å². The lowest BCUT2D eigenvalue weighted by molar-refractivity contribution is 0.122. The first kappa shape index (κ1) is 23.6. The first-order valence-corrected chi connectivity index (χ1v) is 13.6. The third kappa shape index (κ3) is 4.98. The van der Waals surface area contributed by atoms with Gasteiger partial charge in [0.25, 0.3) is 0 Å². The van der Waals surface area contributed by atoms with Gasteiger partial charge in [0.1, 0.15) is 5.82 Å². The van der Waals surface area contributed by atoms with Gasteiger partial charge in [-0.25, -0.2) is 23.4 Å². The molecule has 0 bridgehead atoms. The van der Waals surface area contributed by atoms with Crippen molar-refractivity contribution in [1.29, 1.82) is 0 Å². The second-order valence-corrected chi connectivity index (χ2v) is 11.5. The number of morpholine rings is 1. The predicted octanol–water partition coefficient (Wildman–Crippen LogP) is 2.99. The van der Waals surface area contributed by atoms with E-state index in [0.29, 0.717) is 37.9 Å². The van der Waals surface area contributed by atoms with Gasteiger partial charge in [0, 0.05) is 29.7 Å². The quantitative estimate of drug-likeness (QED) is 0.401. The fourth-order valence-corrected chi connectivity index (χ4v) is 6.50. The average Bonchev–Trinajstić information content (AvgIpc) is 3.28. The second-order valence-electron chi connectivity index (χ2n) is 8.43. The van der Waals surface area contributed by atoms with E-state index in [1.54, 1.807) is 30.5 Å². The third-order valence-corrected chi connectivity index (χ3v) is 8.71. The summed E-state index contributed by atoms with van der Waals surface area (Å²) in [5.41, 5.74) is 8.04. The van der Waals surface area contributed by atoms with Gasteiger partial charge in [-0.2, -0.15) is 0 Å². The molecule has 4 heterocycles. The van der Waals surface area contributed by atoms with Crippen LogP contribution in [-0.4, -0.2) is 66.6 Å². The van der Waals surface area contributed by atoms with Crippen molar-refractivity contribution in [2.75, 3.05) is 42.7 Å². The molecule has 9 nitrogen and oxygen atoms in total. The van der Waals surface area contributed by atoms with Crippen LogP contribution < -0.4 is 10.6 Å². The Labute approximate surface area is 207 Å². The lowest BCUT2D eigenvalue weighted by Gasteiger charge is -2.28. The largest absolute Gasteiger partial charge is 0.392 e. The van der Waals surface area contributed by atoms with Crippen LogP contribution >= 0.6 is 11.3 Å². The maximum Gasteiger partial charge on any atom is 0.180 e. The van der Waals surface area contributed by atoms with Crippen LogP contribution in [0.2, 0.25) is 0 Å². The zero-order valence-electron chi connectivity index (χ0n) is 19.1. The van der Waals surface area contributed by atoms with Crippen molar-refractivity contribution < 1.29 is 18.3 Å². The number of sulfone groups is 1. The summed E-state index contributed by atoms with van der Waals surface area (Å²) in [6, 6.07) is 12.3. The minimum atomic E-state index is -3.60. The molecule has 0 spiro atoms. The number of aliphatic hydroxyl groups is 1. The highest BCUT2D eigenvalue weighted by Gasteiger charge is 2.22. The number of pyridine rings is 1.